The Morgan fingerprint density at radius 1 is 1.18 bits per heavy atom. The van der Waals surface area contributed by atoms with Crippen LogP contribution in [0, 0.1) is 23.6 Å². The van der Waals surface area contributed by atoms with Gasteiger partial charge in [0.05, 0.1) is 0 Å². The predicted octanol–water partition coefficient (Wildman–Crippen LogP) is 2.83. The summed E-state index contributed by atoms with van der Waals surface area (Å²) in [6, 6.07) is 6.10. The van der Waals surface area contributed by atoms with E-state index in [4.69, 9.17) is 0 Å². The molecule has 1 aromatic carbocycles. The third-order valence-corrected chi connectivity index (χ3v) is 4.14. The molecular weight excluding hydrogens is 217 g/mol. The van der Waals surface area contributed by atoms with Crippen molar-refractivity contribution in [2.75, 3.05) is 11.9 Å². The number of hydrogen-bond acceptors (Lipinski definition) is 1. The molecule has 2 atom stereocenters. The van der Waals surface area contributed by atoms with E-state index in [2.05, 4.69) is 0 Å². The van der Waals surface area contributed by atoms with E-state index in [0.717, 1.165) is 30.4 Å². The lowest BCUT2D eigenvalue weighted by molar-refractivity contribution is -0.122. The van der Waals surface area contributed by atoms with Gasteiger partial charge in [0.15, 0.2) is 0 Å². The van der Waals surface area contributed by atoms with E-state index in [9.17, 15) is 9.18 Å². The largest absolute Gasteiger partial charge is 0.315 e. The topological polar surface area (TPSA) is 20.3 Å². The number of amides is 1. The minimum absolute atomic E-state index is 0.184. The first-order valence-corrected chi connectivity index (χ1v) is 6.18. The van der Waals surface area contributed by atoms with Gasteiger partial charge in [0, 0.05) is 18.7 Å². The number of halogens is 1. The van der Waals surface area contributed by atoms with Crippen LogP contribution < -0.4 is 4.90 Å². The van der Waals surface area contributed by atoms with Crippen molar-refractivity contribution in [2.45, 2.75) is 19.3 Å². The molecule has 2 fully saturated rings. The molecule has 0 bridgehead atoms. The molecule has 2 aliphatic carbocycles. The van der Waals surface area contributed by atoms with E-state index in [1.54, 1.807) is 24.1 Å². The number of hydrogen-bond donors (Lipinski definition) is 0. The Balaban J connectivity index is 1.70. The molecule has 0 spiro atoms. The molecule has 2 unspecified atom stereocenters. The van der Waals surface area contributed by atoms with Crippen LogP contribution in [0.5, 0.6) is 0 Å². The molecule has 3 heteroatoms. The van der Waals surface area contributed by atoms with Gasteiger partial charge in [-0.1, -0.05) is 0 Å². The van der Waals surface area contributed by atoms with E-state index < -0.39 is 0 Å². The van der Waals surface area contributed by atoms with Crippen LogP contribution in [0.15, 0.2) is 24.3 Å². The van der Waals surface area contributed by atoms with Crippen molar-refractivity contribution in [2.24, 2.45) is 17.8 Å². The molecule has 3 rings (SSSR count). The van der Waals surface area contributed by atoms with Gasteiger partial charge in [0.2, 0.25) is 5.91 Å². The summed E-state index contributed by atoms with van der Waals surface area (Å²) in [5.74, 6) is 1.73. The average Bonchev–Trinajstić information content (AvgIpc) is 2.95. The van der Waals surface area contributed by atoms with Crippen molar-refractivity contribution in [1.82, 2.24) is 0 Å². The number of benzene rings is 1. The van der Waals surface area contributed by atoms with Crippen molar-refractivity contribution >= 4 is 11.6 Å². The number of nitrogens with zero attached hydrogens (tertiary/aromatic N) is 1. The summed E-state index contributed by atoms with van der Waals surface area (Å²) in [5, 5.41) is 0. The summed E-state index contributed by atoms with van der Waals surface area (Å²) in [6.07, 6.45) is 3.42. The molecule has 2 aliphatic rings. The monoisotopic (exact) mass is 233 g/mol. The normalized spacial score (nSPS) is 29.9. The van der Waals surface area contributed by atoms with Crippen LogP contribution in [0.3, 0.4) is 0 Å². The average molecular weight is 233 g/mol. The molecule has 0 heterocycles. The molecule has 0 radical (unpaired) electrons. The molecule has 2 saturated carbocycles. The van der Waals surface area contributed by atoms with Crippen molar-refractivity contribution in [1.29, 1.82) is 0 Å². The highest BCUT2D eigenvalue weighted by atomic mass is 19.1. The first kappa shape index (κ1) is 10.8. The van der Waals surface area contributed by atoms with Crippen LogP contribution in [0.4, 0.5) is 10.1 Å². The van der Waals surface area contributed by atoms with Gasteiger partial charge in [0.1, 0.15) is 5.82 Å². The Labute approximate surface area is 100 Å². The first-order chi connectivity index (χ1) is 8.15. The minimum Gasteiger partial charge on any atom is -0.315 e. The number of rotatable bonds is 2. The summed E-state index contributed by atoms with van der Waals surface area (Å²) in [5.41, 5.74) is 0.775. The molecule has 1 aromatic rings. The first-order valence-electron chi connectivity index (χ1n) is 6.18. The Hall–Kier alpha value is -1.38. The van der Waals surface area contributed by atoms with Gasteiger partial charge in [-0.2, -0.15) is 0 Å². The fourth-order valence-corrected chi connectivity index (χ4v) is 2.98. The van der Waals surface area contributed by atoms with E-state index in [1.807, 2.05) is 0 Å². The number of carbonyl (C=O) groups excluding carboxylic acids is 1. The Morgan fingerprint density at radius 3 is 2.35 bits per heavy atom. The number of carbonyl (C=O) groups is 1. The SMILES string of the molecule is CN(C(=O)C1CC2CC2C1)c1ccc(F)cc1. The molecule has 0 saturated heterocycles. The van der Waals surface area contributed by atoms with E-state index >= 15 is 0 Å². The van der Waals surface area contributed by atoms with Crippen molar-refractivity contribution in [3.63, 3.8) is 0 Å². The van der Waals surface area contributed by atoms with Crippen molar-refractivity contribution in [3.05, 3.63) is 30.1 Å². The van der Waals surface area contributed by atoms with Gasteiger partial charge < -0.3 is 4.90 Å². The zero-order valence-electron chi connectivity index (χ0n) is 9.90. The van der Waals surface area contributed by atoms with Crippen LogP contribution in [-0.4, -0.2) is 13.0 Å². The van der Waals surface area contributed by atoms with E-state index in [1.165, 1.54) is 18.6 Å². The summed E-state index contributed by atoms with van der Waals surface area (Å²) in [6.45, 7) is 0. The number of fused-ring (bicyclic) bond motifs is 1. The van der Waals surface area contributed by atoms with Crippen LogP contribution in [0.1, 0.15) is 19.3 Å². The van der Waals surface area contributed by atoms with Gasteiger partial charge in [-0.15, -0.1) is 0 Å². The second-order valence-corrected chi connectivity index (χ2v) is 5.30. The zero-order valence-corrected chi connectivity index (χ0v) is 9.90. The van der Waals surface area contributed by atoms with Gasteiger partial charge in [-0.3, -0.25) is 4.79 Å². The van der Waals surface area contributed by atoms with Crippen molar-refractivity contribution < 1.29 is 9.18 Å². The van der Waals surface area contributed by atoms with Gasteiger partial charge in [-0.25, -0.2) is 4.39 Å². The van der Waals surface area contributed by atoms with Crippen LogP contribution >= 0.6 is 0 Å². The standard InChI is InChI=1S/C14H16FNO/c1-16(13-4-2-12(15)3-5-13)14(17)11-7-9-6-10(9)8-11/h2-5,9-11H,6-8H2,1H3. The highest BCUT2D eigenvalue weighted by molar-refractivity contribution is 5.94. The van der Waals surface area contributed by atoms with Crippen LogP contribution in [0.2, 0.25) is 0 Å². The smallest absolute Gasteiger partial charge is 0.229 e. The summed E-state index contributed by atoms with van der Waals surface area (Å²) in [4.78, 5) is 13.9. The van der Waals surface area contributed by atoms with Gasteiger partial charge in [-0.05, 0) is 55.4 Å². The third kappa shape index (κ3) is 1.94. The molecule has 0 aliphatic heterocycles. The summed E-state index contributed by atoms with van der Waals surface area (Å²) >= 11 is 0. The van der Waals surface area contributed by atoms with Crippen LogP contribution in [0.25, 0.3) is 0 Å². The lowest BCUT2D eigenvalue weighted by atomic mass is 10.0. The molecule has 2 nitrogen and oxygen atoms in total. The highest BCUT2D eigenvalue weighted by Gasteiger charge is 2.48. The summed E-state index contributed by atoms with van der Waals surface area (Å²) < 4.78 is 12.8. The molecule has 1 amide bonds. The maximum atomic E-state index is 12.8. The van der Waals surface area contributed by atoms with Crippen LogP contribution in [-0.2, 0) is 4.79 Å². The van der Waals surface area contributed by atoms with E-state index in [0.29, 0.717) is 0 Å². The Bertz CT molecular complexity index is 432. The second kappa shape index (κ2) is 3.83. The lowest BCUT2D eigenvalue weighted by Crippen LogP contribution is -2.32. The fourth-order valence-electron chi connectivity index (χ4n) is 2.98. The minimum atomic E-state index is -0.267. The molecular formula is C14H16FNO. The molecule has 17 heavy (non-hydrogen) atoms. The van der Waals surface area contributed by atoms with Gasteiger partial charge >= 0.3 is 0 Å². The van der Waals surface area contributed by atoms with E-state index in [-0.39, 0.29) is 17.6 Å². The molecule has 0 N–H and O–H groups in total. The lowest BCUT2D eigenvalue weighted by Gasteiger charge is -2.22. The second-order valence-electron chi connectivity index (χ2n) is 5.30. The van der Waals surface area contributed by atoms with Gasteiger partial charge in [0.25, 0.3) is 0 Å². The Morgan fingerprint density at radius 2 is 1.76 bits per heavy atom. The molecule has 90 valence electrons. The third-order valence-electron chi connectivity index (χ3n) is 4.14. The quantitative estimate of drug-likeness (QED) is 0.769. The van der Waals surface area contributed by atoms with Crippen molar-refractivity contribution in [3.8, 4) is 0 Å². The fraction of sp³-hybridized carbons (Fsp3) is 0.500. The number of anilines is 1. The zero-order chi connectivity index (χ0) is 12.0. The highest BCUT2D eigenvalue weighted by Crippen LogP contribution is 2.54. The maximum Gasteiger partial charge on any atom is 0.229 e. The summed E-state index contributed by atoms with van der Waals surface area (Å²) in [7, 11) is 1.78. The predicted molar refractivity (Wildman–Crippen MR) is 64.1 cm³/mol. The maximum absolute atomic E-state index is 12.8. The Kier molecular flexibility index (Phi) is 2.42. The molecule has 0 aromatic heterocycles.